The van der Waals surface area contributed by atoms with E-state index in [1.165, 1.54) is 4.90 Å². The molecule has 1 fully saturated rings. The van der Waals surface area contributed by atoms with Crippen LogP contribution in [-0.2, 0) is 0 Å². The highest BCUT2D eigenvalue weighted by molar-refractivity contribution is 7.10. The van der Waals surface area contributed by atoms with Gasteiger partial charge in [-0.2, -0.15) is 5.26 Å². The number of hydrogen-bond donors (Lipinski definition) is 1. The molecule has 14 heavy (non-hydrogen) atoms. The molecule has 0 aromatic carbocycles. The van der Waals surface area contributed by atoms with Crippen LogP contribution in [0.1, 0.15) is 10.9 Å². The van der Waals surface area contributed by atoms with Crippen molar-refractivity contribution >= 4 is 17.4 Å². The van der Waals surface area contributed by atoms with E-state index < -0.39 is 0 Å². The van der Waals surface area contributed by atoms with Crippen LogP contribution in [-0.4, -0.2) is 24.0 Å². The lowest BCUT2D eigenvalue weighted by Gasteiger charge is -2.08. The lowest BCUT2D eigenvalue weighted by Crippen LogP contribution is -2.28. The first kappa shape index (κ1) is 9.03. The summed E-state index contributed by atoms with van der Waals surface area (Å²) in [6.07, 6.45) is 0. The first-order chi connectivity index (χ1) is 6.81. The Kier molecular flexibility index (Phi) is 2.37. The molecule has 0 spiro atoms. The van der Waals surface area contributed by atoms with Gasteiger partial charge in [0.15, 0.2) is 0 Å². The third kappa shape index (κ3) is 1.56. The maximum Gasteiger partial charge on any atom is 0.318 e. The zero-order valence-corrected chi connectivity index (χ0v) is 8.25. The van der Waals surface area contributed by atoms with Gasteiger partial charge >= 0.3 is 6.03 Å². The molecular formula is C9H9N3OS. The topological polar surface area (TPSA) is 56.1 Å². The quantitative estimate of drug-likeness (QED) is 0.744. The lowest BCUT2D eigenvalue weighted by molar-refractivity contribution is 0.222. The maximum absolute atomic E-state index is 11.3. The predicted molar refractivity (Wildman–Crippen MR) is 52.8 cm³/mol. The van der Waals surface area contributed by atoms with Crippen molar-refractivity contribution in [3.8, 4) is 6.07 Å². The molecule has 72 valence electrons. The summed E-state index contributed by atoms with van der Waals surface area (Å²) >= 11 is 1.62. The Bertz CT molecular complexity index is 368. The van der Waals surface area contributed by atoms with Gasteiger partial charge in [0.1, 0.15) is 6.54 Å². The minimum atomic E-state index is -0.148. The molecule has 4 nitrogen and oxygen atoms in total. The number of urea groups is 1. The highest BCUT2D eigenvalue weighted by Crippen LogP contribution is 2.23. The van der Waals surface area contributed by atoms with Gasteiger partial charge in [-0.15, -0.1) is 11.3 Å². The predicted octanol–water partition coefficient (Wildman–Crippen LogP) is 1.34. The van der Waals surface area contributed by atoms with Crippen molar-refractivity contribution in [3.05, 3.63) is 22.4 Å². The smallest absolute Gasteiger partial charge is 0.318 e. The van der Waals surface area contributed by atoms with Crippen LogP contribution in [0.5, 0.6) is 0 Å². The van der Waals surface area contributed by atoms with Gasteiger partial charge in [-0.1, -0.05) is 6.07 Å². The highest BCUT2D eigenvalue weighted by Gasteiger charge is 2.29. The monoisotopic (exact) mass is 207 g/mol. The molecular weight excluding hydrogens is 198 g/mol. The average molecular weight is 207 g/mol. The lowest BCUT2D eigenvalue weighted by atomic mass is 10.2. The Hall–Kier alpha value is -1.54. The highest BCUT2D eigenvalue weighted by atomic mass is 32.1. The van der Waals surface area contributed by atoms with Crippen LogP contribution in [0.3, 0.4) is 0 Å². The molecule has 2 rings (SSSR count). The van der Waals surface area contributed by atoms with Crippen LogP contribution in [0.4, 0.5) is 4.79 Å². The van der Waals surface area contributed by atoms with Crippen LogP contribution in [0, 0.1) is 11.3 Å². The minimum absolute atomic E-state index is 0.0517. The number of carbonyl (C=O) groups excluding carboxylic acids is 1. The number of nitrogens with one attached hydrogen (secondary N) is 1. The summed E-state index contributed by atoms with van der Waals surface area (Å²) in [5.74, 6) is 0. The molecule has 1 N–H and O–H groups in total. The summed E-state index contributed by atoms with van der Waals surface area (Å²) in [6, 6.07) is 5.83. The van der Waals surface area contributed by atoms with Crippen LogP contribution in [0.2, 0.25) is 0 Å². The van der Waals surface area contributed by atoms with Gasteiger partial charge in [-0.25, -0.2) is 4.79 Å². The molecule has 1 saturated heterocycles. The normalized spacial score (nSPS) is 20.6. The molecule has 1 aliphatic heterocycles. The molecule has 1 aromatic rings. The van der Waals surface area contributed by atoms with Crippen molar-refractivity contribution in [2.45, 2.75) is 6.04 Å². The third-order valence-corrected chi connectivity index (χ3v) is 3.12. The maximum atomic E-state index is 11.3. The Morgan fingerprint density at radius 1 is 1.79 bits per heavy atom. The van der Waals surface area contributed by atoms with Crippen molar-refractivity contribution in [3.63, 3.8) is 0 Å². The van der Waals surface area contributed by atoms with Crippen molar-refractivity contribution in [1.29, 1.82) is 5.26 Å². The van der Waals surface area contributed by atoms with Crippen LogP contribution >= 0.6 is 11.3 Å². The Morgan fingerprint density at radius 3 is 3.29 bits per heavy atom. The number of rotatable bonds is 2. The summed E-state index contributed by atoms with van der Waals surface area (Å²) < 4.78 is 0. The molecule has 1 unspecified atom stereocenters. The molecule has 0 aliphatic carbocycles. The summed E-state index contributed by atoms with van der Waals surface area (Å²) in [5.41, 5.74) is 0. The van der Waals surface area contributed by atoms with Gasteiger partial charge in [-0.3, -0.25) is 0 Å². The zero-order valence-electron chi connectivity index (χ0n) is 7.43. The molecule has 0 bridgehead atoms. The summed E-state index contributed by atoms with van der Waals surface area (Å²) in [4.78, 5) is 14.0. The Labute approximate surface area is 85.8 Å². The molecule has 2 amide bonds. The van der Waals surface area contributed by atoms with E-state index in [1.54, 1.807) is 11.3 Å². The van der Waals surface area contributed by atoms with Gasteiger partial charge in [0, 0.05) is 11.4 Å². The summed E-state index contributed by atoms with van der Waals surface area (Å²) in [7, 11) is 0. The van der Waals surface area contributed by atoms with E-state index in [-0.39, 0.29) is 18.6 Å². The fourth-order valence-electron chi connectivity index (χ4n) is 1.46. The molecule has 0 saturated carbocycles. The minimum Gasteiger partial charge on any atom is -0.329 e. The Balaban J connectivity index is 2.07. The van der Waals surface area contributed by atoms with Crippen molar-refractivity contribution < 1.29 is 4.79 Å². The fourth-order valence-corrected chi connectivity index (χ4v) is 2.23. The first-order valence-electron chi connectivity index (χ1n) is 4.27. The van der Waals surface area contributed by atoms with E-state index >= 15 is 0 Å². The Morgan fingerprint density at radius 2 is 2.64 bits per heavy atom. The molecule has 1 aromatic heterocycles. The summed E-state index contributed by atoms with van der Waals surface area (Å²) in [5, 5.41) is 13.3. The number of amides is 2. The van der Waals surface area contributed by atoms with E-state index in [9.17, 15) is 4.79 Å². The zero-order chi connectivity index (χ0) is 9.97. The number of thiophene rings is 1. The van der Waals surface area contributed by atoms with E-state index in [4.69, 9.17) is 5.26 Å². The van der Waals surface area contributed by atoms with Crippen molar-refractivity contribution in [2.75, 3.05) is 13.1 Å². The molecule has 1 aliphatic rings. The first-order valence-corrected chi connectivity index (χ1v) is 5.15. The summed E-state index contributed by atoms with van der Waals surface area (Å²) in [6.45, 7) is 0.751. The van der Waals surface area contributed by atoms with Crippen molar-refractivity contribution in [2.24, 2.45) is 0 Å². The van der Waals surface area contributed by atoms with E-state index in [1.807, 2.05) is 23.6 Å². The van der Waals surface area contributed by atoms with E-state index in [0.717, 1.165) is 4.88 Å². The van der Waals surface area contributed by atoms with Crippen LogP contribution in [0.15, 0.2) is 17.5 Å². The van der Waals surface area contributed by atoms with Gasteiger partial charge < -0.3 is 10.2 Å². The number of nitrogens with zero attached hydrogens (tertiary/aromatic N) is 2. The third-order valence-electron chi connectivity index (χ3n) is 2.14. The van der Waals surface area contributed by atoms with Gasteiger partial charge in [0.2, 0.25) is 0 Å². The van der Waals surface area contributed by atoms with Crippen molar-refractivity contribution in [1.82, 2.24) is 10.2 Å². The van der Waals surface area contributed by atoms with Crippen LogP contribution < -0.4 is 5.32 Å². The fraction of sp³-hybridized carbons (Fsp3) is 0.333. The van der Waals surface area contributed by atoms with E-state index in [2.05, 4.69) is 5.32 Å². The molecule has 5 heteroatoms. The number of hydrogen-bond acceptors (Lipinski definition) is 3. The van der Waals surface area contributed by atoms with Gasteiger partial charge in [-0.05, 0) is 11.4 Å². The molecule has 0 radical (unpaired) electrons. The second-order valence-electron chi connectivity index (χ2n) is 3.06. The van der Waals surface area contributed by atoms with Crippen LogP contribution in [0.25, 0.3) is 0 Å². The molecule has 1 atom stereocenters. The average Bonchev–Trinajstić information content (AvgIpc) is 2.76. The van der Waals surface area contributed by atoms with Gasteiger partial charge in [0.05, 0.1) is 12.1 Å². The van der Waals surface area contributed by atoms with Gasteiger partial charge in [0.25, 0.3) is 0 Å². The second kappa shape index (κ2) is 3.68. The largest absolute Gasteiger partial charge is 0.329 e. The molecule has 2 heterocycles. The standard InChI is InChI=1S/C9H9N3OS/c10-3-4-12-6-7(11-9(12)13)8-2-1-5-14-8/h1-2,5,7H,4,6H2,(H,11,13). The SMILES string of the molecule is N#CCN1CC(c2cccs2)NC1=O. The number of nitriles is 1. The second-order valence-corrected chi connectivity index (χ2v) is 4.04. The van der Waals surface area contributed by atoms with E-state index in [0.29, 0.717) is 6.54 Å². The number of carbonyl (C=O) groups is 1.